The van der Waals surface area contributed by atoms with Gasteiger partial charge >= 0.3 is 6.03 Å². The normalized spacial score (nSPS) is 10.4. The summed E-state index contributed by atoms with van der Waals surface area (Å²) in [5.41, 5.74) is 2.61. The summed E-state index contributed by atoms with van der Waals surface area (Å²) in [5.74, 6) is 0.228. The highest BCUT2D eigenvalue weighted by Gasteiger charge is 2.11. The van der Waals surface area contributed by atoms with Gasteiger partial charge in [-0.1, -0.05) is 6.07 Å². The van der Waals surface area contributed by atoms with Crippen LogP contribution >= 0.6 is 0 Å². The number of carbonyl (C=O) groups is 2. The Kier molecular flexibility index (Phi) is 5.55. The second kappa shape index (κ2) is 8.22. The van der Waals surface area contributed by atoms with Gasteiger partial charge in [0.1, 0.15) is 11.4 Å². The number of ether oxygens (including phenoxy) is 1. The second-order valence-electron chi connectivity index (χ2n) is 5.82. The van der Waals surface area contributed by atoms with E-state index in [0.717, 1.165) is 11.3 Å². The molecule has 0 radical (unpaired) electrons. The number of rotatable bonds is 6. The van der Waals surface area contributed by atoms with Gasteiger partial charge < -0.3 is 25.1 Å². The molecule has 8 nitrogen and oxygen atoms in total. The number of pyridine rings is 1. The number of nitrogens with zero attached hydrogens (tertiary/aromatic N) is 2. The summed E-state index contributed by atoms with van der Waals surface area (Å²) in [6.45, 7) is 0.424. The molecule has 3 aromatic rings. The van der Waals surface area contributed by atoms with Crippen molar-refractivity contribution in [2.75, 3.05) is 26.0 Å². The lowest BCUT2D eigenvalue weighted by molar-refractivity contribution is 0.0963. The lowest BCUT2D eigenvalue weighted by atomic mass is 10.1. The summed E-state index contributed by atoms with van der Waals surface area (Å²) in [6, 6.07) is 10.2. The number of amides is 3. The SMILES string of the molecule is CNC(=O)c1ccc(OC)c(NC(=O)NCCc2cn3ccccc3n2)c1. The summed E-state index contributed by atoms with van der Waals surface area (Å²) in [6.07, 6.45) is 4.47. The molecule has 8 heteroatoms. The van der Waals surface area contributed by atoms with E-state index in [1.54, 1.807) is 25.2 Å². The van der Waals surface area contributed by atoms with Crippen molar-refractivity contribution in [1.29, 1.82) is 0 Å². The van der Waals surface area contributed by atoms with Crippen LogP contribution in [0.25, 0.3) is 5.65 Å². The maximum Gasteiger partial charge on any atom is 0.319 e. The van der Waals surface area contributed by atoms with Gasteiger partial charge in [0, 0.05) is 38.0 Å². The summed E-state index contributed by atoms with van der Waals surface area (Å²) >= 11 is 0. The zero-order chi connectivity index (χ0) is 19.2. The van der Waals surface area contributed by atoms with Crippen molar-refractivity contribution in [2.24, 2.45) is 0 Å². The molecule has 3 amide bonds. The number of anilines is 1. The average Bonchev–Trinajstić information content (AvgIpc) is 3.10. The third-order valence-corrected chi connectivity index (χ3v) is 4.02. The van der Waals surface area contributed by atoms with Gasteiger partial charge in [-0.05, 0) is 30.3 Å². The van der Waals surface area contributed by atoms with Crippen LogP contribution in [0, 0.1) is 0 Å². The first-order chi connectivity index (χ1) is 13.1. The second-order valence-corrected chi connectivity index (χ2v) is 5.82. The molecule has 0 saturated carbocycles. The Labute approximate surface area is 156 Å². The van der Waals surface area contributed by atoms with E-state index in [1.165, 1.54) is 7.11 Å². The number of hydrogen-bond acceptors (Lipinski definition) is 4. The molecule has 3 N–H and O–H groups in total. The van der Waals surface area contributed by atoms with Gasteiger partial charge in [0.2, 0.25) is 0 Å². The van der Waals surface area contributed by atoms with Crippen LogP contribution in [0.4, 0.5) is 10.5 Å². The molecule has 0 unspecified atom stereocenters. The van der Waals surface area contributed by atoms with Gasteiger partial charge in [-0.3, -0.25) is 4.79 Å². The van der Waals surface area contributed by atoms with Crippen molar-refractivity contribution in [2.45, 2.75) is 6.42 Å². The van der Waals surface area contributed by atoms with Gasteiger partial charge in [0.15, 0.2) is 0 Å². The van der Waals surface area contributed by atoms with Crippen molar-refractivity contribution < 1.29 is 14.3 Å². The summed E-state index contributed by atoms with van der Waals surface area (Å²) in [5, 5.41) is 8.04. The first-order valence-corrected chi connectivity index (χ1v) is 8.48. The van der Waals surface area contributed by atoms with Crippen LogP contribution < -0.4 is 20.7 Å². The molecule has 0 fully saturated rings. The molecule has 0 saturated heterocycles. The lowest BCUT2D eigenvalue weighted by Crippen LogP contribution is -2.30. The molecule has 1 aromatic carbocycles. The fourth-order valence-electron chi connectivity index (χ4n) is 2.67. The fraction of sp³-hybridized carbons (Fsp3) is 0.211. The third-order valence-electron chi connectivity index (χ3n) is 4.02. The average molecular weight is 367 g/mol. The quantitative estimate of drug-likeness (QED) is 0.621. The highest BCUT2D eigenvalue weighted by Crippen LogP contribution is 2.25. The minimum atomic E-state index is -0.383. The van der Waals surface area contributed by atoms with Crippen LogP contribution in [-0.4, -0.2) is 42.0 Å². The molecule has 2 heterocycles. The number of imidazole rings is 1. The van der Waals surface area contributed by atoms with Crippen LogP contribution in [-0.2, 0) is 6.42 Å². The molecule has 0 aliphatic carbocycles. The maximum atomic E-state index is 12.2. The Bertz CT molecular complexity index is 934. The van der Waals surface area contributed by atoms with Crippen LogP contribution in [0.3, 0.4) is 0 Å². The van der Waals surface area contributed by atoms with Gasteiger partial charge in [0.05, 0.1) is 18.5 Å². The summed E-state index contributed by atoms with van der Waals surface area (Å²) in [7, 11) is 3.05. The minimum absolute atomic E-state index is 0.243. The molecule has 0 atom stereocenters. The standard InChI is InChI=1S/C19H21N5O3/c1-20-18(25)13-6-7-16(27-2)15(11-13)23-19(26)21-9-8-14-12-24-10-4-3-5-17(24)22-14/h3-7,10-12H,8-9H2,1-2H3,(H,20,25)(H2,21,23,26). The highest BCUT2D eigenvalue weighted by molar-refractivity contribution is 5.97. The molecule has 3 rings (SSSR count). The van der Waals surface area contributed by atoms with E-state index >= 15 is 0 Å². The van der Waals surface area contributed by atoms with E-state index in [-0.39, 0.29) is 11.9 Å². The van der Waals surface area contributed by atoms with E-state index in [0.29, 0.717) is 30.0 Å². The zero-order valence-electron chi connectivity index (χ0n) is 15.2. The van der Waals surface area contributed by atoms with Gasteiger partial charge in [-0.25, -0.2) is 9.78 Å². The largest absolute Gasteiger partial charge is 0.495 e. The number of carbonyl (C=O) groups excluding carboxylic acids is 2. The molecule has 0 aliphatic rings. The molecule has 0 bridgehead atoms. The number of nitrogens with one attached hydrogen (secondary N) is 3. The van der Waals surface area contributed by atoms with Gasteiger partial charge in [-0.2, -0.15) is 0 Å². The van der Waals surface area contributed by atoms with Crippen molar-refractivity contribution in [1.82, 2.24) is 20.0 Å². The fourth-order valence-corrected chi connectivity index (χ4v) is 2.67. The van der Waals surface area contributed by atoms with Gasteiger partial charge in [0.25, 0.3) is 5.91 Å². The first-order valence-electron chi connectivity index (χ1n) is 8.48. The van der Waals surface area contributed by atoms with Crippen LogP contribution in [0.5, 0.6) is 5.75 Å². The molecule has 0 spiro atoms. The number of urea groups is 1. The van der Waals surface area contributed by atoms with Gasteiger partial charge in [-0.15, -0.1) is 0 Å². The summed E-state index contributed by atoms with van der Waals surface area (Å²) in [4.78, 5) is 28.4. The Morgan fingerprint density at radius 3 is 2.81 bits per heavy atom. The van der Waals surface area contributed by atoms with Crippen LogP contribution in [0.1, 0.15) is 16.1 Å². The Hall–Kier alpha value is -3.55. The van der Waals surface area contributed by atoms with E-state index in [9.17, 15) is 9.59 Å². The first kappa shape index (κ1) is 18.2. The number of benzene rings is 1. The third kappa shape index (κ3) is 4.35. The van der Waals surface area contributed by atoms with Crippen LogP contribution in [0.2, 0.25) is 0 Å². The van der Waals surface area contributed by atoms with Crippen LogP contribution in [0.15, 0.2) is 48.8 Å². The highest BCUT2D eigenvalue weighted by atomic mass is 16.5. The topological polar surface area (TPSA) is 96.8 Å². The number of methoxy groups -OCH3 is 1. The van der Waals surface area contributed by atoms with E-state index in [2.05, 4.69) is 20.9 Å². The Morgan fingerprint density at radius 2 is 2.07 bits per heavy atom. The molecular weight excluding hydrogens is 346 g/mol. The van der Waals surface area contributed by atoms with Crippen molar-refractivity contribution in [3.8, 4) is 5.75 Å². The molecule has 2 aromatic heterocycles. The number of hydrogen-bond donors (Lipinski definition) is 3. The monoisotopic (exact) mass is 367 g/mol. The van der Waals surface area contributed by atoms with E-state index in [1.807, 2.05) is 35.0 Å². The lowest BCUT2D eigenvalue weighted by Gasteiger charge is -2.12. The minimum Gasteiger partial charge on any atom is -0.495 e. The zero-order valence-corrected chi connectivity index (χ0v) is 15.2. The molecular formula is C19H21N5O3. The maximum absolute atomic E-state index is 12.2. The molecule has 27 heavy (non-hydrogen) atoms. The van der Waals surface area contributed by atoms with Crippen molar-refractivity contribution >= 4 is 23.3 Å². The Morgan fingerprint density at radius 1 is 1.22 bits per heavy atom. The van der Waals surface area contributed by atoms with E-state index in [4.69, 9.17) is 4.74 Å². The predicted octanol–water partition coefficient (Wildman–Crippen LogP) is 2.07. The predicted molar refractivity (Wildman–Crippen MR) is 102 cm³/mol. The smallest absolute Gasteiger partial charge is 0.319 e. The van der Waals surface area contributed by atoms with E-state index < -0.39 is 0 Å². The number of aromatic nitrogens is 2. The summed E-state index contributed by atoms with van der Waals surface area (Å²) < 4.78 is 7.17. The van der Waals surface area contributed by atoms with Crippen molar-refractivity contribution in [3.05, 3.63) is 60.0 Å². The number of fused-ring (bicyclic) bond motifs is 1. The molecule has 140 valence electrons. The van der Waals surface area contributed by atoms with Crippen molar-refractivity contribution in [3.63, 3.8) is 0 Å². The Balaban J connectivity index is 1.59. The molecule has 0 aliphatic heterocycles.